The van der Waals surface area contributed by atoms with Crippen LogP contribution in [-0.4, -0.2) is 61.5 Å². The van der Waals surface area contributed by atoms with Gasteiger partial charge in [0, 0.05) is 50.1 Å². The summed E-state index contributed by atoms with van der Waals surface area (Å²) in [6.07, 6.45) is 3.31. The molecule has 134 valence electrons. The smallest absolute Gasteiger partial charge is 0.293 e. The Balaban J connectivity index is 1.39. The van der Waals surface area contributed by atoms with Gasteiger partial charge >= 0.3 is 0 Å². The molecular weight excluding hydrogens is 359 g/mol. The zero-order valence-electron chi connectivity index (χ0n) is 13.8. The number of rotatable bonds is 3. The molecule has 1 aliphatic rings. The lowest BCUT2D eigenvalue weighted by Crippen LogP contribution is -2.48. The van der Waals surface area contributed by atoms with E-state index < -0.39 is 0 Å². The van der Waals surface area contributed by atoms with Crippen LogP contribution in [0.25, 0.3) is 5.78 Å². The molecule has 4 rings (SSSR count). The molecule has 0 saturated carbocycles. The first-order chi connectivity index (χ1) is 12.6. The van der Waals surface area contributed by atoms with Gasteiger partial charge in [0.1, 0.15) is 5.82 Å². The van der Waals surface area contributed by atoms with E-state index >= 15 is 0 Å². The molecule has 2 aromatic heterocycles. The molecule has 0 unspecified atom stereocenters. The molecule has 26 heavy (non-hydrogen) atoms. The minimum Gasteiger partial charge on any atom is -0.333 e. The highest BCUT2D eigenvalue weighted by atomic mass is 35.5. The number of aromatic nitrogens is 4. The van der Waals surface area contributed by atoms with Gasteiger partial charge in [0.05, 0.1) is 0 Å². The van der Waals surface area contributed by atoms with E-state index in [2.05, 4.69) is 20.0 Å². The van der Waals surface area contributed by atoms with E-state index in [0.717, 1.165) is 5.56 Å². The fraction of sp³-hybridized carbons (Fsp3) is 0.294. The zero-order valence-corrected chi connectivity index (χ0v) is 14.6. The Morgan fingerprint density at radius 2 is 2.04 bits per heavy atom. The standard InChI is InChI=1S/C17H16ClFN6O/c18-14-10-13(19)3-2-12(14)11-23-6-8-24(9-7-23)16(26)15-21-17-20-4-1-5-25(17)22-15/h1-5,10H,6-9,11H2. The lowest BCUT2D eigenvalue weighted by molar-refractivity contribution is 0.0616. The van der Waals surface area contributed by atoms with Gasteiger partial charge < -0.3 is 4.90 Å². The van der Waals surface area contributed by atoms with Gasteiger partial charge in [0.25, 0.3) is 11.7 Å². The molecule has 3 aromatic rings. The molecule has 1 fully saturated rings. The first-order valence-corrected chi connectivity index (χ1v) is 8.61. The van der Waals surface area contributed by atoms with Crippen LogP contribution in [0, 0.1) is 5.82 Å². The summed E-state index contributed by atoms with van der Waals surface area (Å²) in [5.74, 6) is 0.0118. The van der Waals surface area contributed by atoms with E-state index in [4.69, 9.17) is 11.6 Å². The highest BCUT2D eigenvalue weighted by Gasteiger charge is 2.25. The molecule has 7 nitrogen and oxygen atoms in total. The SMILES string of the molecule is O=C(c1nc2ncccn2n1)N1CCN(Cc2ccc(F)cc2Cl)CC1. The second-order valence-corrected chi connectivity index (χ2v) is 6.51. The third kappa shape index (κ3) is 3.38. The van der Waals surface area contributed by atoms with Crippen LogP contribution >= 0.6 is 11.6 Å². The van der Waals surface area contributed by atoms with Crippen LogP contribution in [0.3, 0.4) is 0 Å². The van der Waals surface area contributed by atoms with Crippen LogP contribution in [0.2, 0.25) is 5.02 Å². The Morgan fingerprint density at radius 3 is 2.77 bits per heavy atom. The summed E-state index contributed by atoms with van der Waals surface area (Å²) < 4.78 is 14.6. The Kier molecular flexibility index (Phi) is 4.52. The third-order valence-corrected chi connectivity index (χ3v) is 4.73. The molecule has 9 heteroatoms. The first kappa shape index (κ1) is 16.9. The zero-order chi connectivity index (χ0) is 18.1. The number of fused-ring (bicyclic) bond motifs is 1. The normalized spacial score (nSPS) is 15.5. The van der Waals surface area contributed by atoms with E-state index in [-0.39, 0.29) is 17.5 Å². The van der Waals surface area contributed by atoms with Gasteiger partial charge in [-0.25, -0.2) is 13.9 Å². The lowest BCUT2D eigenvalue weighted by Gasteiger charge is -2.34. The van der Waals surface area contributed by atoms with Crippen molar-refractivity contribution in [1.82, 2.24) is 29.4 Å². The van der Waals surface area contributed by atoms with Gasteiger partial charge in [-0.05, 0) is 23.8 Å². The number of halogens is 2. The summed E-state index contributed by atoms with van der Waals surface area (Å²) >= 11 is 6.09. The van der Waals surface area contributed by atoms with Crippen molar-refractivity contribution in [2.45, 2.75) is 6.54 Å². The molecule has 1 aliphatic heterocycles. The second-order valence-electron chi connectivity index (χ2n) is 6.10. The van der Waals surface area contributed by atoms with Crippen LogP contribution in [0.4, 0.5) is 4.39 Å². The predicted molar refractivity (Wildman–Crippen MR) is 93.4 cm³/mol. The van der Waals surface area contributed by atoms with Crippen molar-refractivity contribution < 1.29 is 9.18 Å². The van der Waals surface area contributed by atoms with E-state index in [1.807, 2.05) is 0 Å². The molecule has 0 bridgehead atoms. The predicted octanol–water partition coefficient (Wildman–Crippen LogP) is 1.87. The fourth-order valence-corrected chi connectivity index (χ4v) is 3.19. The van der Waals surface area contributed by atoms with Crippen molar-refractivity contribution in [3.05, 3.63) is 58.9 Å². The number of piperazine rings is 1. The van der Waals surface area contributed by atoms with E-state index in [1.165, 1.54) is 16.6 Å². The fourth-order valence-electron chi connectivity index (χ4n) is 2.96. The van der Waals surface area contributed by atoms with Crippen LogP contribution in [-0.2, 0) is 6.54 Å². The van der Waals surface area contributed by atoms with Crippen LogP contribution in [0.1, 0.15) is 16.2 Å². The topological polar surface area (TPSA) is 66.6 Å². The van der Waals surface area contributed by atoms with Crippen molar-refractivity contribution in [2.75, 3.05) is 26.2 Å². The maximum Gasteiger partial charge on any atom is 0.293 e. The quantitative estimate of drug-likeness (QED) is 0.700. The second kappa shape index (κ2) is 6.97. The average molecular weight is 375 g/mol. The highest BCUT2D eigenvalue weighted by Crippen LogP contribution is 2.20. The molecule has 1 saturated heterocycles. The van der Waals surface area contributed by atoms with Gasteiger partial charge in [0.2, 0.25) is 5.82 Å². The minimum absolute atomic E-state index is 0.152. The van der Waals surface area contributed by atoms with Gasteiger partial charge in [-0.3, -0.25) is 9.69 Å². The van der Waals surface area contributed by atoms with E-state index in [1.54, 1.807) is 29.4 Å². The molecule has 0 aliphatic carbocycles. The molecular formula is C17H16ClFN6O. The molecule has 0 spiro atoms. The number of hydrogen-bond acceptors (Lipinski definition) is 5. The number of benzene rings is 1. The van der Waals surface area contributed by atoms with E-state index in [9.17, 15) is 9.18 Å². The number of carbonyl (C=O) groups is 1. The molecule has 1 amide bonds. The average Bonchev–Trinajstić information content (AvgIpc) is 3.08. The molecule has 0 N–H and O–H groups in total. The Morgan fingerprint density at radius 1 is 1.23 bits per heavy atom. The summed E-state index contributed by atoms with van der Waals surface area (Å²) in [4.78, 5) is 24.8. The maximum absolute atomic E-state index is 13.1. The number of carbonyl (C=O) groups excluding carboxylic acids is 1. The summed E-state index contributed by atoms with van der Waals surface area (Å²) in [6.45, 7) is 3.16. The van der Waals surface area contributed by atoms with Crippen molar-refractivity contribution >= 4 is 23.3 Å². The van der Waals surface area contributed by atoms with Crippen molar-refractivity contribution in [2.24, 2.45) is 0 Å². The Hall–Kier alpha value is -2.58. The van der Waals surface area contributed by atoms with Gasteiger partial charge in [0.15, 0.2) is 0 Å². The molecule has 0 atom stereocenters. The first-order valence-electron chi connectivity index (χ1n) is 8.23. The number of nitrogens with zero attached hydrogens (tertiary/aromatic N) is 6. The molecule has 0 radical (unpaired) electrons. The maximum atomic E-state index is 13.1. The van der Waals surface area contributed by atoms with Crippen LogP contribution < -0.4 is 0 Å². The van der Waals surface area contributed by atoms with Gasteiger partial charge in [-0.1, -0.05) is 17.7 Å². The summed E-state index contributed by atoms with van der Waals surface area (Å²) in [5.41, 5.74) is 0.876. The number of amides is 1. The minimum atomic E-state index is -0.344. The van der Waals surface area contributed by atoms with Gasteiger partial charge in [-0.2, -0.15) is 4.98 Å². The lowest BCUT2D eigenvalue weighted by atomic mass is 10.2. The van der Waals surface area contributed by atoms with E-state index in [0.29, 0.717) is 43.5 Å². The van der Waals surface area contributed by atoms with Crippen LogP contribution in [0.5, 0.6) is 0 Å². The summed E-state index contributed by atoms with van der Waals surface area (Å²) in [6, 6.07) is 6.15. The van der Waals surface area contributed by atoms with Crippen molar-refractivity contribution in [1.29, 1.82) is 0 Å². The summed E-state index contributed by atoms with van der Waals surface area (Å²) in [7, 11) is 0. The third-order valence-electron chi connectivity index (χ3n) is 4.38. The molecule has 3 heterocycles. The van der Waals surface area contributed by atoms with Crippen molar-refractivity contribution in [3.8, 4) is 0 Å². The Bertz CT molecular complexity index is 920. The highest BCUT2D eigenvalue weighted by molar-refractivity contribution is 6.31. The summed E-state index contributed by atoms with van der Waals surface area (Å²) in [5, 5.41) is 4.60. The Labute approximate surface area is 154 Å². The van der Waals surface area contributed by atoms with Crippen molar-refractivity contribution in [3.63, 3.8) is 0 Å². The molecule has 1 aromatic carbocycles. The monoisotopic (exact) mass is 374 g/mol. The van der Waals surface area contributed by atoms with Gasteiger partial charge in [-0.15, -0.1) is 5.10 Å². The van der Waals surface area contributed by atoms with Crippen LogP contribution in [0.15, 0.2) is 36.7 Å². The largest absolute Gasteiger partial charge is 0.333 e. The number of hydrogen-bond donors (Lipinski definition) is 0.